The van der Waals surface area contributed by atoms with E-state index in [2.05, 4.69) is 42.8 Å². The van der Waals surface area contributed by atoms with Crippen molar-refractivity contribution in [2.45, 2.75) is 39.0 Å². The number of nitrogens with one attached hydrogen (secondary N) is 1. The summed E-state index contributed by atoms with van der Waals surface area (Å²) in [6, 6.07) is 30.1. The molecule has 0 bridgehead atoms. The number of imidazole rings is 1. The van der Waals surface area contributed by atoms with Crippen LogP contribution in [-0.2, 0) is 0 Å². The molecule has 0 aliphatic heterocycles. The average molecular weight is 501 g/mol. The van der Waals surface area contributed by atoms with E-state index in [0.29, 0.717) is 11.5 Å². The van der Waals surface area contributed by atoms with Gasteiger partial charge in [-0.3, -0.25) is 0 Å². The summed E-state index contributed by atoms with van der Waals surface area (Å²) in [5.74, 6) is 0.106. The summed E-state index contributed by atoms with van der Waals surface area (Å²) < 4.78 is 0. The van der Waals surface area contributed by atoms with E-state index in [1.807, 2.05) is 67.6 Å². The lowest BCUT2D eigenvalue weighted by Crippen LogP contribution is -2.04. The summed E-state index contributed by atoms with van der Waals surface area (Å²) in [5.41, 5.74) is 8.61. The Balaban J connectivity index is 1.54. The van der Waals surface area contributed by atoms with Crippen LogP contribution in [0.25, 0.3) is 39.1 Å². The highest BCUT2D eigenvalue weighted by atomic mass is 16.4. The number of nitrogens with zero attached hydrogens (tertiary/aromatic N) is 1. The number of benzene rings is 4. The Hall–Kier alpha value is -4.44. The molecule has 0 spiro atoms. The number of carbonyl (C=O) groups is 1. The molecule has 190 valence electrons. The van der Waals surface area contributed by atoms with Crippen molar-refractivity contribution in [3.8, 4) is 22.5 Å². The molecule has 0 fully saturated rings. The van der Waals surface area contributed by atoms with Gasteiger partial charge in [0, 0.05) is 5.56 Å². The highest BCUT2D eigenvalue weighted by molar-refractivity contribution is 6.00. The van der Waals surface area contributed by atoms with Gasteiger partial charge < -0.3 is 10.1 Å². The van der Waals surface area contributed by atoms with Crippen LogP contribution in [0.15, 0.2) is 97.6 Å². The Kier molecular flexibility index (Phi) is 7.23. The summed E-state index contributed by atoms with van der Waals surface area (Å²) in [5, 5.41) is 10.3. The fourth-order valence-electron chi connectivity index (χ4n) is 5.22. The van der Waals surface area contributed by atoms with Crippen molar-refractivity contribution in [2.24, 2.45) is 0 Å². The Morgan fingerprint density at radius 2 is 1.66 bits per heavy atom. The van der Waals surface area contributed by atoms with Crippen LogP contribution in [0.1, 0.15) is 59.2 Å². The number of carboxylic acid groups (broad SMARTS) is 1. The Morgan fingerprint density at radius 1 is 0.921 bits per heavy atom. The molecular weight excluding hydrogens is 468 g/mol. The molecule has 1 unspecified atom stereocenters. The van der Waals surface area contributed by atoms with Crippen LogP contribution in [0.4, 0.5) is 0 Å². The first-order chi connectivity index (χ1) is 18.4. The number of allylic oxidation sites excluding steroid dienone is 1. The molecule has 0 radical (unpaired) electrons. The molecule has 5 rings (SSSR count). The third-order valence-corrected chi connectivity index (χ3v) is 7.17. The third kappa shape index (κ3) is 5.16. The SMILES string of the molecule is C=C(CC(CCC)c1ccccc1)c1ccc(-c2cc(C)ccc2-c2nc3ccccc3[nH]2)c(C(=O)O)c1. The lowest BCUT2D eigenvalue weighted by molar-refractivity contribution is 0.0697. The van der Waals surface area contributed by atoms with E-state index in [4.69, 9.17) is 4.98 Å². The molecule has 38 heavy (non-hydrogen) atoms. The molecule has 4 nitrogen and oxygen atoms in total. The van der Waals surface area contributed by atoms with Crippen LogP contribution >= 0.6 is 0 Å². The number of fused-ring (bicyclic) bond motifs is 1. The minimum Gasteiger partial charge on any atom is -0.478 e. The number of aromatic carboxylic acids is 1. The average Bonchev–Trinajstić information content (AvgIpc) is 3.37. The Morgan fingerprint density at radius 3 is 2.39 bits per heavy atom. The summed E-state index contributed by atoms with van der Waals surface area (Å²) in [6.07, 6.45) is 2.91. The van der Waals surface area contributed by atoms with Crippen LogP contribution in [0.2, 0.25) is 0 Å². The van der Waals surface area contributed by atoms with Gasteiger partial charge in [-0.15, -0.1) is 0 Å². The number of aromatic amines is 1. The highest BCUT2D eigenvalue weighted by Gasteiger charge is 2.20. The molecule has 0 saturated carbocycles. The minimum atomic E-state index is -0.958. The number of aromatic nitrogens is 2. The van der Waals surface area contributed by atoms with Gasteiger partial charge in [-0.1, -0.05) is 98.3 Å². The fraction of sp³-hybridized carbons (Fsp3) is 0.176. The first-order valence-electron chi connectivity index (χ1n) is 13.1. The quantitative estimate of drug-likeness (QED) is 0.212. The van der Waals surface area contributed by atoms with Crippen molar-refractivity contribution in [3.63, 3.8) is 0 Å². The van der Waals surface area contributed by atoms with E-state index in [9.17, 15) is 9.90 Å². The van der Waals surface area contributed by atoms with Crippen LogP contribution in [0, 0.1) is 6.92 Å². The van der Waals surface area contributed by atoms with Gasteiger partial charge in [0.05, 0.1) is 16.6 Å². The van der Waals surface area contributed by atoms with Gasteiger partial charge in [-0.25, -0.2) is 9.78 Å². The lowest BCUT2D eigenvalue weighted by Gasteiger charge is -2.19. The maximum atomic E-state index is 12.5. The molecule has 1 atom stereocenters. The third-order valence-electron chi connectivity index (χ3n) is 7.17. The number of para-hydroxylation sites is 2. The van der Waals surface area contributed by atoms with Crippen molar-refractivity contribution < 1.29 is 9.90 Å². The molecule has 0 saturated heterocycles. The van der Waals surface area contributed by atoms with Gasteiger partial charge in [0.1, 0.15) is 5.82 Å². The number of hydrogen-bond acceptors (Lipinski definition) is 2. The molecule has 4 aromatic carbocycles. The van der Waals surface area contributed by atoms with E-state index < -0.39 is 5.97 Å². The number of aryl methyl sites for hydroxylation is 1. The molecule has 1 aromatic heterocycles. The Bertz CT molecular complexity index is 1580. The zero-order valence-electron chi connectivity index (χ0n) is 21.9. The summed E-state index contributed by atoms with van der Waals surface area (Å²) >= 11 is 0. The van der Waals surface area contributed by atoms with Crippen LogP contribution in [0.5, 0.6) is 0 Å². The van der Waals surface area contributed by atoms with Crippen LogP contribution < -0.4 is 0 Å². The molecule has 1 heterocycles. The monoisotopic (exact) mass is 500 g/mol. The van der Waals surface area contributed by atoms with E-state index in [1.165, 1.54) is 5.56 Å². The van der Waals surface area contributed by atoms with Crippen molar-refractivity contribution >= 4 is 22.6 Å². The second-order valence-electron chi connectivity index (χ2n) is 9.92. The zero-order chi connectivity index (χ0) is 26.6. The topological polar surface area (TPSA) is 66.0 Å². The summed E-state index contributed by atoms with van der Waals surface area (Å²) in [4.78, 5) is 20.7. The smallest absolute Gasteiger partial charge is 0.336 e. The highest BCUT2D eigenvalue weighted by Crippen LogP contribution is 2.37. The van der Waals surface area contributed by atoms with Gasteiger partial charge in [0.25, 0.3) is 0 Å². The number of H-pyrrole nitrogens is 1. The van der Waals surface area contributed by atoms with E-state index in [1.54, 1.807) is 6.07 Å². The first kappa shape index (κ1) is 25.2. The minimum absolute atomic E-state index is 0.262. The summed E-state index contributed by atoms with van der Waals surface area (Å²) in [6.45, 7) is 8.58. The van der Waals surface area contributed by atoms with Gasteiger partial charge in [0.15, 0.2) is 0 Å². The van der Waals surface area contributed by atoms with E-state index in [-0.39, 0.29) is 5.56 Å². The van der Waals surface area contributed by atoms with E-state index in [0.717, 1.165) is 63.9 Å². The number of hydrogen-bond donors (Lipinski definition) is 2. The van der Waals surface area contributed by atoms with Gasteiger partial charge in [-0.2, -0.15) is 0 Å². The van der Waals surface area contributed by atoms with Gasteiger partial charge in [-0.05, 0) is 71.7 Å². The predicted octanol–water partition coefficient (Wildman–Crippen LogP) is 8.89. The molecule has 5 aromatic rings. The molecule has 2 N–H and O–H groups in total. The molecule has 0 amide bonds. The summed E-state index contributed by atoms with van der Waals surface area (Å²) in [7, 11) is 0. The lowest BCUT2D eigenvalue weighted by atomic mass is 9.85. The van der Waals surface area contributed by atoms with Crippen molar-refractivity contribution in [2.75, 3.05) is 0 Å². The maximum absolute atomic E-state index is 12.5. The van der Waals surface area contributed by atoms with Crippen molar-refractivity contribution in [3.05, 3.63) is 120 Å². The largest absolute Gasteiger partial charge is 0.478 e. The predicted molar refractivity (Wildman–Crippen MR) is 156 cm³/mol. The van der Waals surface area contributed by atoms with Crippen molar-refractivity contribution in [1.82, 2.24) is 9.97 Å². The van der Waals surface area contributed by atoms with Gasteiger partial charge in [0.2, 0.25) is 0 Å². The van der Waals surface area contributed by atoms with Gasteiger partial charge >= 0.3 is 5.97 Å². The van der Waals surface area contributed by atoms with E-state index >= 15 is 0 Å². The Labute approximate surface area is 223 Å². The van der Waals surface area contributed by atoms with Crippen LogP contribution in [0.3, 0.4) is 0 Å². The standard InChI is InChI=1S/C34H32N2O2/c1-4-10-26(24-11-6-5-7-12-24)20-23(3)25-16-18-27(30(21-25)34(37)38)29-19-22(2)15-17-28(29)33-35-31-13-8-9-14-32(31)36-33/h5-9,11-19,21,26H,3-4,10,20H2,1-2H3,(H,35,36)(H,37,38). The second-order valence-corrected chi connectivity index (χ2v) is 9.92. The molecule has 4 heteroatoms. The molecule has 0 aliphatic rings. The maximum Gasteiger partial charge on any atom is 0.336 e. The number of carboxylic acids is 1. The van der Waals surface area contributed by atoms with Crippen LogP contribution in [-0.4, -0.2) is 21.0 Å². The second kappa shape index (κ2) is 10.9. The first-order valence-corrected chi connectivity index (χ1v) is 13.1. The normalized spacial score (nSPS) is 11.9. The fourth-order valence-corrected chi connectivity index (χ4v) is 5.22. The number of rotatable bonds is 9. The molecular formula is C34H32N2O2. The van der Waals surface area contributed by atoms with Crippen molar-refractivity contribution in [1.29, 1.82) is 0 Å². The zero-order valence-corrected chi connectivity index (χ0v) is 21.9. The molecule has 0 aliphatic carbocycles.